The van der Waals surface area contributed by atoms with E-state index in [4.69, 9.17) is 0 Å². The van der Waals surface area contributed by atoms with E-state index in [1.54, 1.807) is 12.1 Å². The van der Waals surface area contributed by atoms with Crippen LogP contribution in [0.15, 0.2) is 42.6 Å². The van der Waals surface area contributed by atoms with Crippen molar-refractivity contribution in [2.24, 2.45) is 5.41 Å². The van der Waals surface area contributed by atoms with Crippen LogP contribution in [0.5, 0.6) is 0 Å². The maximum Gasteiger partial charge on any atom is 0.228 e. The van der Waals surface area contributed by atoms with Crippen molar-refractivity contribution in [3.8, 4) is 0 Å². The number of hydrogen-bond acceptors (Lipinski definition) is 1. The maximum atomic E-state index is 13.4. The van der Waals surface area contributed by atoms with Crippen LogP contribution < -0.4 is 0 Å². The van der Waals surface area contributed by atoms with Gasteiger partial charge in [-0.3, -0.25) is 4.79 Å². The van der Waals surface area contributed by atoms with Gasteiger partial charge in [0.25, 0.3) is 0 Å². The van der Waals surface area contributed by atoms with Crippen LogP contribution in [0.4, 0.5) is 4.39 Å². The molecule has 0 aliphatic rings. The predicted octanol–water partition coefficient (Wildman–Crippen LogP) is 4.85. The number of carbonyl (C=O) groups is 1. The Bertz CT molecular complexity index is 700. The van der Waals surface area contributed by atoms with E-state index in [0.717, 1.165) is 30.6 Å². The van der Waals surface area contributed by atoms with Gasteiger partial charge in [0.1, 0.15) is 5.82 Å². The Labute approximate surface area is 150 Å². The van der Waals surface area contributed by atoms with Crippen molar-refractivity contribution in [2.45, 2.75) is 53.6 Å². The Kier molecular flexibility index (Phi) is 6.40. The molecule has 0 N–H and O–H groups in total. The zero-order valence-corrected chi connectivity index (χ0v) is 15.8. The average molecular weight is 344 g/mol. The first-order chi connectivity index (χ1) is 11.8. The van der Waals surface area contributed by atoms with Gasteiger partial charge in [-0.1, -0.05) is 46.2 Å². The third-order valence-electron chi connectivity index (χ3n) is 4.23. The molecular formula is C21H29FN2O. The first-order valence-electron chi connectivity index (χ1n) is 8.99. The van der Waals surface area contributed by atoms with Gasteiger partial charge < -0.3 is 9.47 Å². The van der Waals surface area contributed by atoms with Crippen molar-refractivity contribution in [3.05, 3.63) is 59.7 Å². The van der Waals surface area contributed by atoms with Gasteiger partial charge in [0, 0.05) is 30.4 Å². The van der Waals surface area contributed by atoms with E-state index in [-0.39, 0.29) is 11.7 Å². The van der Waals surface area contributed by atoms with Gasteiger partial charge in [-0.25, -0.2) is 4.39 Å². The Morgan fingerprint density at radius 2 is 1.96 bits per heavy atom. The summed E-state index contributed by atoms with van der Waals surface area (Å²) in [5, 5.41) is 0. The van der Waals surface area contributed by atoms with Crippen molar-refractivity contribution in [3.63, 3.8) is 0 Å². The summed E-state index contributed by atoms with van der Waals surface area (Å²) in [6.07, 6.45) is 4.03. The number of benzene rings is 1. The predicted molar refractivity (Wildman–Crippen MR) is 99.7 cm³/mol. The zero-order valence-electron chi connectivity index (χ0n) is 15.8. The van der Waals surface area contributed by atoms with E-state index in [1.165, 1.54) is 6.07 Å². The molecule has 1 aromatic heterocycles. The minimum Gasteiger partial charge on any atom is -0.345 e. The Morgan fingerprint density at radius 1 is 1.20 bits per heavy atom. The zero-order chi connectivity index (χ0) is 18.4. The van der Waals surface area contributed by atoms with Gasteiger partial charge in [-0.05, 0) is 36.2 Å². The van der Waals surface area contributed by atoms with Crippen molar-refractivity contribution in [1.29, 1.82) is 0 Å². The van der Waals surface area contributed by atoms with Gasteiger partial charge in [0.2, 0.25) is 5.91 Å². The third kappa shape index (κ3) is 5.45. The molecule has 2 rings (SSSR count). The summed E-state index contributed by atoms with van der Waals surface area (Å²) in [7, 11) is 0. The van der Waals surface area contributed by atoms with E-state index in [2.05, 4.69) is 11.5 Å². The highest BCUT2D eigenvalue weighted by Crippen LogP contribution is 2.20. The van der Waals surface area contributed by atoms with Crippen LogP contribution in [0.2, 0.25) is 0 Å². The molecule has 4 heteroatoms. The second-order valence-corrected chi connectivity index (χ2v) is 7.59. The molecule has 136 valence electrons. The van der Waals surface area contributed by atoms with Crippen LogP contribution in [0.25, 0.3) is 0 Å². The largest absolute Gasteiger partial charge is 0.345 e. The van der Waals surface area contributed by atoms with Crippen molar-refractivity contribution < 1.29 is 9.18 Å². The lowest BCUT2D eigenvalue weighted by molar-refractivity contribution is -0.140. The van der Waals surface area contributed by atoms with E-state index in [0.29, 0.717) is 13.1 Å². The molecule has 0 bridgehead atoms. The molecule has 1 heterocycles. The molecule has 25 heavy (non-hydrogen) atoms. The molecule has 0 spiro atoms. The van der Waals surface area contributed by atoms with Crippen LogP contribution >= 0.6 is 0 Å². The molecule has 0 atom stereocenters. The summed E-state index contributed by atoms with van der Waals surface area (Å²) in [5.74, 6) is -0.0573. The topological polar surface area (TPSA) is 25.2 Å². The lowest BCUT2D eigenvalue weighted by Crippen LogP contribution is -2.40. The molecule has 0 radical (unpaired) electrons. The Morgan fingerprint density at radius 3 is 2.60 bits per heavy atom. The highest BCUT2D eigenvalue weighted by Gasteiger charge is 2.27. The molecule has 1 amide bonds. The monoisotopic (exact) mass is 344 g/mol. The summed E-state index contributed by atoms with van der Waals surface area (Å²) < 4.78 is 15.5. The summed E-state index contributed by atoms with van der Waals surface area (Å²) in [4.78, 5) is 14.7. The molecule has 0 aliphatic carbocycles. The second-order valence-electron chi connectivity index (χ2n) is 7.59. The lowest BCUT2D eigenvalue weighted by atomic mass is 9.94. The summed E-state index contributed by atoms with van der Waals surface area (Å²) >= 11 is 0. The van der Waals surface area contributed by atoms with Crippen LogP contribution in [0.1, 0.15) is 51.8 Å². The average Bonchev–Trinajstić information content (AvgIpc) is 2.96. The van der Waals surface area contributed by atoms with Gasteiger partial charge in [0.05, 0.1) is 6.54 Å². The molecular weight excluding hydrogens is 315 g/mol. The minimum absolute atomic E-state index is 0.166. The van der Waals surface area contributed by atoms with Crippen LogP contribution in [-0.2, 0) is 17.9 Å². The van der Waals surface area contributed by atoms with E-state index in [9.17, 15) is 9.18 Å². The van der Waals surface area contributed by atoms with Gasteiger partial charge in [-0.2, -0.15) is 0 Å². The highest BCUT2D eigenvalue weighted by molar-refractivity contribution is 5.81. The number of unbranched alkanes of at least 4 members (excludes halogenated alkanes) is 1. The van der Waals surface area contributed by atoms with Gasteiger partial charge in [-0.15, -0.1) is 0 Å². The van der Waals surface area contributed by atoms with Crippen LogP contribution in [0.3, 0.4) is 0 Å². The molecule has 0 aliphatic heterocycles. The first kappa shape index (κ1) is 19.2. The second kappa shape index (κ2) is 8.32. The highest BCUT2D eigenvalue weighted by atomic mass is 19.1. The first-order valence-corrected chi connectivity index (χ1v) is 8.99. The Balaban J connectivity index is 2.17. The molecule has 3 nitrogen and oxygen atoms in total. The van der Waals surface area contributed by atoms with Crippen molar-refractivity contribution >= 4 is 5.91 Å². The molecule has 0 unspecified atom stereocenters. The summed E-state index contributed by atoms with van der Waals surface area (Å²) in [5.41, 5.74) is 1.59. The van der Waals surface area contributed by atoms with E-state index >= 15 is 0 Å². The van der Waals surface area contributed by atoms with Gasteiger partial charge >= 0.3 is 0 Å². The fourth-order valence-corrected chi connectivity index (χ4v) is 2.85. The van der Waals surface area contributed by atoms with Crippen molar-refractivity contribution in [1.82, 2.24) is 9.47 Å². The van der Waals surface area contributed by atoms with Crippen LogP contribution in [-0.4, -0.2) is 21.9 Å². The number of carbonyl (C=O) groups excluding carboxylic acids is 1. The van der Waals surface area contributed by atoms with E-state index in [1.807, 2.05) is 50.1 Å². The number of hydrogen-bond donors (Lipinski definition) is 0. The lowest BCUT2D eigenvalue weighted by Gasteiger charge is -2.30. The summed E-state index contributed by atoms with van der Waals surface area (Å²) in [6.45, 7) is 9.95. The third-order valence-corrected chi connectivity index (χ3v) is 4.23. The SMILES string of the molecule is CCCCN(Cc1cccn1Cc1cccc(F)c1)C(=O)C(C)(C)C. The van der Waals surface area contributed by atoms with Crippen molar-refractivity contribution in [2.75, 3.05) is 6.54 Å². The van der Waals surface area contributed by atoms with Crippen LogP contribution in [0, 0.1) is 11.2 Å². The number of halogens is 1. The number of nitrogens with zero attached hydrogens (tertiary/aromatic N) is 2. The molecule has 1 aromatic carbocycles. The quantitative estimate of drug-likeness (QED) is 0.705. The number of rotatable bonds is 7. The van der Waals surface area contributed by atoms with E-state index < -0.39 is 5.41 Å². The fourth-order valence-electron chi connectivity index (χ4n) is 2.85. The smallest absolute Gasteiger partial charge is 0.228 e. The molecule has 0 saturated carbocycles. The normalized spacial score (nSPS) is 11.6. The molecule has 0 fully saturated rings. The minimum atomic E-state index is -0.395. The fraction of sp³-hybridized carbons (Fsp3) is 0.476. The number of amides is 1. The standard InChI is InChI=1S/C21H29FN2O/c1-5-6-12-24(20(25)21(2,3)4)16-19-11-8-13-23(19)15-17-9-7-10-18(22)14-17/h7-11,13-14H,5-6,12,15-16H2,1-4H3. The molecule has 2 aromatic rings. The summed E-state index contributed by atoms with van der Waals surface area (Å²) in [6, 6.07) is 10.7. The maximum absolute atomic E-state index is 13.4. The Hall–Kier alpha value is -2.10. The number of aromatic nitrogens is 1. The van der Waals surface area contributed by atoms with Gasteiger partial charge in [0.15, 0.2) is 0 Å². The molecule has 0 saturated heterocycles.